The Balaban J connectivity index is 2.01. The number of nitrogens with zero attached hydrogens (tertiary/aromatic N) is 2. The zero-order valence-electron chi connectivity index (χ0n) is 8.61. The average molecular weight is 206 g/mol. The molecule has 2 aliphatic carbocycles. The molecule has 0 amide bonds. The van der Waals surface area contributed by atoms with Gasteiger partial charge in [-0.1, -0.05) is 0 Å². The first-order chi connectivity index (χ1) is 7.29. The predicted octanol–water partition coefficient (Wildman–Crippen LogP) is 1.46. The standard InChI is InChI=1S/C11H14N2O2/c14-7-12-5-10-4-11(6-13-8-15)2-1-9(10)3-11/h9-10H,1-6H2. The highest BCUT2D eigenvalue weighted by Gasteiger charge is 2.49. The van der Waals surface area contributed by atoms with Crippen molar-refractivity contribution in [1.82, 2.24) is 0 Å². The Labute approximate surface area is 88.5 Å². The normalized spacial score (nSPS) is 37.1. The molecule has 4 nitrogen and oxygen atoms in total. The Morgan fingerprint density at radius 1 is 1.20 bits per heavy atom. The van der Waals surface area contributed by atoms with Crippen molar-refractivity contribution in [3.05, 3.63) is 0 Å². The molecule has 2 fully saturated rings. The van der Waals surface area contributed by atoms with E-state index in [1.54, 1.807) is 12.2 Å². The zero-order valence-corrected chi connectivity index (χ0v) is 8.61. The lowest BCUT2D eigenvalue weighted by molar-refractivity contribution is 0.257. The Morgan fingerprint density at radius 2 is 2.00 bits per heavy atom. The third kappa shape index (κ3) is 1.92. The number of carbonyl (C=O) groups excluding carboxylic acids is 2. The Morgan fingerprint density at radius 3 is 2.73 bits per heavy atom. The summed E-state index contributed by atoms with van der Waals surface area (Å²) in [6.45, 7) is 1.20. The molecule has 0 aromatic carbocycles. The average Bonchev–Trinajstić information content (AvgIpc) is 2.81. The van der Waals surface area contributed by atoms with Crippen LogP contribution in [0, 0.1) is 17.3 Å². The third-order valence-electron chi connectivity index (χ3n) is 3.97. The molecule has 0 saturated heterocycles. The van der Waals surface area contributed by atoms with Crippen molar-refractivity contribution in [3.8, 4) is 0 Å². The summed E-state index contributed by atoms with van der Waals surface area (Å²) in [4.78, 5) is 27.6. The fourth-order valence-corrected chi connectivity index (χ4v) is 3.34. The molecule has 2 aliphatic rings. The van der Waals surface area contributed by atoms with E-state index in [0.717, 1.165) is 19.3 Å². The summed E-state index contributed by atoms with van der Waals surface area (Å²) in [5.74, 6) is 1.17. The van der Waals surface area contributed by atoms with Gasteiger partial charge in [-0.15, -0.1) is 0 Å². The summed E-state index contributed by atoms with van der Waals surface area (Å²) in [6, 6.07) is 0. The maximum Gasteiger partial charge on any atom is 0.234 e. The summed E-state index contributed by atoms with van der Waals surface area (Å²) in [5.41, 5.74) is 0.213. The highest BCUT2D eigenvalue weighted by atomic mass is 16.1. The molecule has 80 valence electrons. The summed E-state index contributed by atoms with van der Waals surface area (Å²) < 4.78 is 0. The van der Waals surface area contributed by atoms with Gasteiger partial charge in [-0.3, -0.25) is 0 Å². The largest absolute Gasteiger partial charge is 0.234 e. The SMILES string of the molecule is O=C=NCC1CC2(CN=C=O)CCC1C2. The topological polar surface area (TPSA) is 58.9 Å². The van der Waals surface area contributed by atoms with Gasteiger partial charge in [-0.2, -0.15) is 0 Å². The van der Waals surface area contributed by atoms with E-state index in [1.165, 1.54) is 6.42 Å². The van der Waals surface area contributed by atoms with E-state index >= 15 is 0 Å². The second-order valence-electron chi connectivity index (χ2n) is 4.81. The van der Waals surface area contributed by atoms with E-state index in [0.29, 0.717) is 24.9 Å². The van der Waals surface area contributed by atoms with Gasteiger partial charge >= 0.3 is 0 Å². The fraction of sp³-hybridized carbons (Fsp3) is 0.818. The first-order valence-electron chi connectivity index (χ1n) is 5.37. The van der Waals surface area contributed by atoms with Crippen molar-refractivity contribution in [2.45, 2.75) is 25.7 Å². The van der Waals surface area contributed by atoms with Gasteiger partial charge in [0.05, 0.1) is 13.1 Å². The lowest BCUT2D eigenvalue weighted by atomic mass is 9.80. The van der Waals surface area contributed by atoms with Crippen LogP contribution in [-0.4, -0.2) is 25.2 Å². The van der Waals surface area contributed by atoms with Gasteiger partial charge in [0.15, 0.2) is 0 Å². The number of isocyanates is 2. The van der Waals surface area contributed by atoms with Gasteiger partial charge in [-0.25, -0.2) is 19.6 Å². The molecule has 0 aromatic rings. The molecule has 0 spiro atoms. The second kappa shape index (κ2) is 4.09. The van der Waals surface area contributed by atoms with E-state index in [4.69, 9.17) is 0 Å². The lowest BCUT2D eigenvalue weighted by Gasteiger charge is -2.27. The van der Waals surface area contributed by atoms with Gasteiger partial charge in [0.25, 0.3) is 0 Å². The van der Waals surface area contributed by atoms with E-state index in [1.807, 2.05) is 0 Å². The summed E-state index contributed by atoms with van der Waals surface area (Å²) in [6.07, 6.45) is 7.75. The minimum absolute atomic E-state index is 0.213. The number of hydrogen-bond donors (Lipinski definition) is 0. The quantitative estimate of drug-likeness (QED) is 0.516. The smallest absolute Gasteiger partial charge is 0.211 e. The molecule has 0 N–H and O–H groups in total. The maximum atomic E-state index is 10.1. The highest BCUT2D eigenvalue weighted by molar-refractivity contribution is 5.33. The van der Waals surface area contributed by atoms with Crippen LogP contribution in [0.5, 0.6) is 0 Å². The minimum atomic E-state index is 0.213. The van der Waals surface area contributed by atoms with Crippen LogP contribution >= 0.6 is 0 Å². The molecule has 0 heterocycles. The van der Waals surface area contributed by atoms with Gasteiger partial charge in [-0.05, 0) is 42.9 Å². The molecule has 2 rings (SSSR count). The van der Waals surface area contributed by atoms with Crippen LogP contribution in [-0.2, 0) is 9.59 Å². The lowest BCUT2D eigenvalue weighted by Crippen LogP contribution is -2.22. The van der Waals surface area contributed by atoms with E-state index in [9.17, 15) is 9.59 Å². The van der Waals surface area contributed by atoms with Crippen LogP contribution in [0.1, 0.15) is 25.7 Å². The van der Waals surface area contributed by atoms with Crippen molar-refractivity contribution >= 4 is 12.2 Å². The number of aliphatic imine (C=N–C) groups is 2. The van der Waals surface area contributed by atoms with E-state index < -0.39 is 0 Å². The molecule has 3 unspecified atom stereocenters. The first kappa shape index (κ1) is 10.3. The number of fused-ring (bicyclic) bond motifs is 2. The molecule has 0 aromatic heterocycles. The number of rotatable bonds is 4. The van der Waals surface area contributed by atoms with Crippen molar-refractivity contribution < 1.29 is 9.59 Å². The van der Waals surface area contributed by atoms with Crippen molar-refractivity contribution in [2.75, 3.05) is 13.1 Å². The molecule has 15 heavy (non-hydrogen) atoms. The van der Waals surface area contributed by atoms with Crippen molar-refractivity contribution in [1.29, 1.82) is 0 Å². The maximum absolute atomic E-state index is 10.1. The Kier molecular flexibility index (Phi) is 2.81. The minimum Gasteiger partial charge on any atom is -0.211 e. The van der Waals surface area contributed by atoms with Crippen LogP contribution in [0.4, 0.5) is 0 Å². The summed E-state index contributed by atoms with van der Waals surface area (Å²) >= 11 is 0. The highest BCUT2D eigenvalue weighted by Crippen LogP contribution is 2.57. The Hall–Kier alpha value is -1.24. The molecule has 4 heteroatoms. The van der Waals surface area contributed by atoms with Crippen LogP contribution in [0.15, 0.2) is 9.98 Å². The molecule has 0 radical (unpaired) electrons. The van der Waals surface area contributed by atoms with Gasteiger partial charge in [0.2, 0.25) is 12.2 Å². The van der Waals surface area contributed by atoms with Crippen LogP contribution in [0.2, 0.25) is 0 Å². The molecule has 3 atom stereocenters. The van der Waals surface area contributed by atoms with E-state index in [2.05, 4.69) is 9.98 Å². The van der Waals surface area contributed by atoms with Crippen molar-refractivity contribution in [3.63, 3.8) is 0 Å². The van der Waals surface area contributed by atoms with Crippen LogP contribution in [0.25, 0.3) is 0 Å². The summed E-state index contributed by atoms with van der Waals surface area (Å²) in [5, 5.41) is 0. The van der Waals surface area contributed by atoms with Gasteiger partial charge in [0, 0.05) is 0 Å². The fourth-order valence-electron chi connectivity index (χ4n) is 3.34. The first-order valence-corrected chi connectivity index (χ1v) is 5.37. The molecule has 2 bridgehead atoms. The third-order valence-corrected chi connectivity index (χ3v) is 3.97. The monoisotopic (exact) mass is 206 g/mol. The van der Waals surface area contributed by atoms with E-state index in [-0.39, 0.29) is 5.41 Å². The number of hydrogen-bond acceptors (Lipinski definition) is 4. The Bertz CT molecular complexity index is 342. The molecular formula is C11H14N2O2. The van der Waals surface area contributed by atoms with Crippen LogP contribution in [0.3, 0.4) is 0 Å². The zero-order chi connectivity index (χ0) is 10.7. The van der Waals surface area contributed by atoms with Gasteiger partial charge in [0.1, 0.15) is 0 Å². The van der Waals surface area contributed by atoms with Crippen molar-refractivity contribution in [2.24, 2.45) is 27.2 Å². The summed E-state index contributed by atoms with van der Waals surface area (Å²) in [7, 11) is 0. The molecular weight excluding hydrogens is 192 g/mol. The molecule has 2 saturated carbocycles. The molecule has 0 aliphatic heterocycles. The second-order valence-corrected chi connectivity index (χ2v) is 4.81. The van der Waals surface area contributed by atoms with Gasteiger partial charge < -0.3 is 0 Å². The van der Waals surface area contributed by atoms with Crippen LogP contribution < -0.4 is 0 Å². The predicted molar refractivity (Wildman–Crippen MR) is 53.9 cm³/mol.